The van der Waals surface area contributed by atoms with Crippen molar-refractivity contribution in [3.63, 3.8) is 0 Å². The maximum atomic E-state index is 14.1. The van der Waals surface area contributed by atoms with Gasteiger partial charge < -0.3 is 19.9 Å². The Balaban J connectivity index is 1.39. The summed E-state index contributed by atoms with van der Waals surface area (Å²) in [6.45, 7) is 4.74. The van der Waals surface area contributed by atoms with E-state index in [1.165, 1.54) is 6.07 Å². The predicted octanol–water partition coefficient (Wildman–Crippen LogP) is 2.23. The van der Waals surface area contributed by atoms with Crippen LogP contribution in [-0.2, 0) is 9.59 Å². The van der Waals surface area contributed by atoms with Crippen molar-refractivity contribution >= 4 is 29.1 Å². The van der Waals surface area contributed by atoms with Gasteiger partial charge in [0.25, 0.3) is 0 Å². The van der Waals surface area contributed by atoms with E-state index in [1.807, 2.05) is 22.8 Å². The molecule has 2 heterocycles. The lowest BCUT2D eigenvalue weighted by molar-refractivity contribution is -0.125. The van der Waals surface area contributed by atoms with E-state index < -0.39 is 6.04 Å². The molecule has 32 heavy (non-hydrogen) atoms. The lowest BCUT2D eigenvalue weighted by atomic mass is 10.1. The van der Waals surface area contributed by atoms with Crippen molar-refractivity contribution < 1.29 is 18.7 Å². The first-order valence-corrected chi connectivity index (χ1v) is 10.7. The number of piperazine rings is 1. The van der Waals surface area contributed by atoms with E-state index in [-0.39, 0.29) is 24.1 Å². The highest BCUT2D eigenvalue weighted by atomic mass is 19.1. The minimum Gasteiger partial charge on any atom is -0.494 e. The minimum atomic E-state index is -0.810. The maximum absolute atomic E-state index is 14.1. The van der Waals surface area contributed by atoms with Gasteiger partial charge in [-0.15, -0.1) is 0 Å². The van der Waals surface area contributed by atoms with Crippen molar-refractivity contribution in [2.75, 3.05) is 43.0 Å². The number of aliphatic imine (C=N–C) groups is 1. The van der Waals surface area contributed by atoms with Crippen molar-refractivity contribution in [2.45, 2.75) is 19.4 Å². The Kier molecular flexibility index (Phi) is 6.53. The van der Waals surface area contributed by atoms with E-state index in [4.69, 9.17) is 4.74 Å². The van der Waals surface area contributed by atoms with E-state index in [0.717, 1.165) is 5.75 Å². The number of carbonyl (C=O) groups excluding carboxylic acids is 2. The van der Waals surface area contributed by atoms with Gasteiger partial charge in [-0.25, -0.2) is 9.38 Å². The van der Waals surface area contributed by atoms with Gasteiger partial charge in [0, 0.05) is 31.9 Å². The highest BCUT2D eigenvalue weighted by Crippen LogP contribution is 2.21. The molecule has 0 bridgehead atoms. The minimum absolute atomic E-state index is 0.0123. The topological polar surface area (TPSA) is 86.3 Å². The van der Waals surface area contributed by atoms with Crippen LogP contribution in [-0.4, -0.2) is 61.5 Å². The number of guanidine groups is 1. The van der Waals surface area contributed by atoms with E-state index in [9.17, 15) is 14.0 Å². The van der Waals surface area contributed by atoms with Crippen molar-refractivity contribution in [1.29, 1.82) is 0 Å². The molecular formula is C23H26FN5O3. The first kappa shape index (κ1) is 21.6. The van der Waals surface area contributed by atoms with Gasteiger partial charge in [0.2, 0.25) is 17.8 Å². The molecule has 0 aromatic heterocycles. The number of ether oxygens (including phenoxy) is 1. The number of amides is 2. The third-order valence-electron chi connectivity index (χ3n) is 5.42. The van der Waals surface area contributed by atoms with Crippen molar-refractivity contribution in [2.24, 2.45) is 4.99 Å². The summed E-state index contributed by atoms with van der Waals surface area (Å²) >= 11 is 0. The smallest absolute Gasteiger partial charge is 0.249 e. The zero-order chi connectivity index (χ0) is 22.5. The standard InChI is InChI=1S/C23H26FN5O3/c1-2-32-17-9-7-16(8-10-17)25-22(31)19-15-21(30)27-23(26-19)29-13-11-28(12-14-29)20-6-4-3-5-18(20)24/h3-10,19H,2,11-15H2,1H3,(H,25,31)(H,26,27,30). The molecule has 1 saturated heterocycles. The number of benzene rings is 2. The molecule has 0 saturated carbocycles. The van der Waals surface area contributed by atoms with Crippen LogP contribution >= 0.6 is 0 Å². The molecule has 0 spiro atoms. The summed E-state index contributed by atoms with van der Waals surface area (Å²) in [6.07, 6.45) is -0.0123. The van der Waals surface area contributed by atoms with Gasteiger partial charge in [0.15, 0.2) is 0 Å². The average molecular weight is 439 g/mol. The molecule has 2 aromatic rings. The summed E-state index contributed by atoms with van der Waals surface area (Å²) in [7, 11) is 0. The Morgan fingerprint density at radius 2 is 1.81 bits per heavy atom. The molecule has 2 N–H and O–H groups in total. The molecule has 1 atom stereocenters. The molecule has 2 aliphatic rings. The molecule has 2 aliphatic heterocycles. The van der Waals surface area contributed by atoms with Crippen molar-refractivity contribution in [1.82, 2.24) is 10.2 Å². The third kappa shape index (κ3) is 4.99. The number of hydrogen-bond donors (Lipinski definition) is 2. The van der Waals surface area contributed by atoms with Gasteiger partial charge in [-0.3, -0.25) is 14.9 Å². The first-order chi connectivity index (χ1) is 15.5. The number of hydrogen-bond acceptors (Lipinski definition) is 6. The number of carbonyl (C=O) groups is 2. The first-order valence-electron chi connectivity index (χ1n) is 10.7. The molecule has 9 heteroatoms. The van der Waals surface area contributed by atoms with Crippen LogP contribution in [0.15, 0.2) is 53.5 Å². The van der Waals surface area contributed by atoms with E-state index in [1.54, 1.807) is 36.4 Å². The van der Waals surface area contributed by atoms with Crippen LogP contribution in [0.2, 0.25) is 0 Å². The molecule has 8 nitrogen and oxygen atoms in total. The van der Waals surface area contributed by atoms with E-state index in [2.05, 4.69) is 15.6 Å². The zero-order valence-corrected chi connectivity index (χ0v) is 17.9. The molecule has 2 amide bonds. The monoisotopic (exact) mass is 439 g/mol. The largest absolute Gasteiger partial charge is 0.494 e. The SMILES string of the molecule is CCOc1ccc(NC(=O)C2CC(=O)NC(N3CCN(c4ccccc4F)CC3)=N2)cc1. The van der Waals surface area contributed by atoms with Crippen LogP contribution in [0.3, 0.4) is 0 Å². The van der Waals surface area contributed by atoms with Crippen molar-refractivity contribution in [3.05, 3.63) is 54.3 Å². The van der Waals surface area contributed by atoms with Crippen LogP contribution in [0.25, 0.3) is 0 Å². The van der Waals surface area contributed by atoms with Gasteiger partial charge in [0.05, 0.1) is 18.7 Å². The van der Waals surface area contributed by atoms with Gasteiger partial charge in [-0.1, -0.05) is 12.1 Å². The number of halogens is 1. The summed E-state index contributed by atoms with van der Waals surface area (Å²) in [4.78, 5) is 33.4. The number of nitrogens with zero attached hydrogens (tertiary/aromatic N) is 3. The van der Waals surface area contributed by atoms with E-state index >= 15 is 0 Å². The molecule has 168 valence electrons. The molecular weight excluding hydrogens is 413 g/mol. The Morgan fingerprint density at radius 3 is 2.50 bits per heavy atom. The summed E-state index contributed by atoms with van der Waals surface area (Å²) in [5.41, 5.74) is 1.18. The number of nitrogens with one attached hydrogen (secondary N) is 2. The fraction of sp³-hybridized carbons (Fsp3) is 0.348. The lowest BCUT2D eigenvalue weighted by Gasteiger charge is -2.38. The second kappa shape index (κ2) is 9.67. The zero-order valence-electron chi connectivity index (χ0n) is 17.9. The number of para-hydroxylation sites is 1. The molecule has 0 radical (unpaired) electrons. The van der Waals surface area contributed by atoms with Crippen LogP contribution in [0, 0.1) is 5.82 Å². The van der Waals surface area contributed by atoms with Gasteiger partial charge in [-0.05, 0) is 43.3 Å². The average Bonchev–Trinajstić information content (AvgIpc) is 2.80. The van der Waals surface area contributed by atoms with Crippen LogP contribution < -0.4 is 20.3 Å². The van der Waals surface area contributed by atoms with Crippen LogP contribution in [0.4, 0.5) is 15.8 Å². The van der Waals surface area contributed by atoms with Gasteiger partial charge in [0.1, 0.15) is 17.6 Å². The summed E-state index contributed by atoms with van der Waals surface area (Å²) in [5.74, 6) is 0.263. The van der Waals surface area contributed by atoms with Gasteiger partial charge in [-0.2, -0.15) is 0 Å². The van der Waals surface area contributed by atoms with Crippen LogP contribution in [0.5, 0.6) is 5.75 Å². The molecule has 2 aromatic carbocycles. The molecule has 4 rings (SSSR count). The molecule has 1 fully saturated rings. The summed E-state index contributed by atoms with van der Waals surface area (Å²) in [5, 5.41) is 5.58. The second-order valence-electron chi connectivity index (χ2n) is 7.59. The highest BCUT2D eigenvalue weighted by Gasteiger charge is 2.31. The Bertz CT molecular complexity index is 1000. The Hall–Kier alpha value is -3.62. The summed E-state index contributed by atoms with van der Waals surface area (Å²) in [6, 6.07) is 12.9. The predicted molar refractivity (Wildman–Crippen MR) is 120 cm³/mol. The number of rotatable bonds is 5. The fourth-order valence-electron chi connectivity index (χ4n) is 3.78. The fourth-order valence-corrected chi connectivity index (χ4v) is 3.78. The van der Waals surface area contributed by atoms with E-state index in [0.29, 0.717) is 50.1 Å². The summed E-state index contributed by atoms with van der Waals surface area (Å²) < 4.78 is 19.5. The number of anilines is 2. The van der Waals surface area contributed by atoms with Crippen molar-refractivity contribution in [3.8, 4) is 5.75 Å². The maximum Gasteiger partial charge on any atom is 0.249 e. The van der Waals surface area contributed by atoms with Crippen LogP contribution in [0.1, 0.15) is 13.3 Å². The normalized spacial score (nSPS) is 18.6. The molecule has 1 unspecified atom stereocenters. The van der Waals surface area contributed by atoms with Gasteiger partial charge >= 0.3 is 0 Å². The third-order valence-corrected chi connectivity index (χ3v) is 5.42. The quantitative estimate of drug-likeness (QED) is 0.746. The second-order valence-corrected chi connectivity index (χ2v) is 7.59. The Morgan fingerprint density at radius 1 is 1.12 bits per heavy atom. The highest BCUT2D eigenvalue weighted by molar-refractivity contribution is 6.06. The Labute approximate surface area is 186 Å². The molecule has 0 aliphatic carbocycles. The lowest BCUT2D eigenvalue weighted by Crippen LogP contribution is -2.56.